The highest BCUT2D eigenvalue weighted by Gasteiger charge is 2.33. The Morgan fingerprint density at radius 1 is 1.37 bits per heavy atom. The lowest BCUT2D eigenvalue weighted by Crippen LogP contribution is -2.48. The van der Waals surface area contributed by atoms with Crippen molar-refractivity contribution in [2.24, 2.45) is 0 Å². The summed E-state index contributed by atoms with van der Waals surface area (Å²) in [4.78, 5) is 12.1. The van der Waals surface area contributed by atoms with Crippen LogP contribution in [0.15, 0.2) is 18.2 Å². The van der Waals surface area contributed by atoms with Gasteiger partial charge in [-0.05, 0) is 31.0 Å². The summed E-state index contributed by atoms with van der Waals surface area (Å²) >= 11 is 5.77. The fraction of sp³-hybridized carbons (Fsp3) is 0.429. The molecule has 1 aromatic carbocycles. The molecule has 0 heterocycles. The van der Waals surface area contributed by atoms with Crippen molar-refractivity contribution in [2.75, 3.05) is 0 Å². The predicted octanol–water partition coefficient (Wildman–Crippen LogP) is 3.00. The molecule has 4 nitrogen and oxygen atoms in total. The Hall–Kier alpha value is -1.73. The van der Waals surface area contributed by atoms with E-state index < -0.39 is 5.54 Å². The maximum absolute atomic E-state index is 12.1. The first-order chi connectivity index (χ1) is 9.06. The topological polar surface area (TPSA) is 73.1 Å². The minimum Gasteiger partial charge on any atom is -0.506 e. The fourth-order valence-corrected chi connectivity index (χ4v) is 2.54. The van der Waals surface area contributed by atoms with Crippen LogP contribution in [-0.4, -0.2) is 16.6 Å². The van der Waals surface area contributed by atoms with Gasteiger partial charge < -0.3 is 10.4 Å². The third-order valence-corrected chi connectivity index (χ3v) is 3.79. The number of phenols is 1. The Bertz CT molecular complexity index is 531. The standard InChI is InChI=1S/C14H15ClN2O2/c15-11-8-10(4-5-12(11)18)13(19)17-14(9-16)6-2-1-3-7-14/h4-5,8,18H,1-3,6-7H2,(H,17,19). The Labute approximate surface area is 117 Å². The van der Waals surface area contributed by atoms with Gasteiger partial charge in [0.25, 0.3) is 5.91 Å². The van der Waals surface area contributed by atoms with E-state index in [1.807, 2.05) is 0 Å². The molecule has 0 atom stereocenters. The number of carbonyl (C=O) groups excluding carboxylic acids is 1. The first-order valence-electron chi connectivity index (χ1n) is 6.29. The maximum atomic E-state index is 12.1. The van der Waals surface area contributed by atoms with Gasteiger partial charge in [-0.1, -0.05) is 30.9 Å². The number of benzene rings is 1. The third-order valence-electron chi connectivity index (χ3n) is 3.48. The van der Waals surface area contributed by atoms with Gasteiger partial charge in [0.2, 0.25) is 0 Å². The first-order valence-corrected chi connectivity index (χ1v) is 6.66. The molecule has 1 aliphatic rings. The van der Waals surface area contributed by atoms with E-state index in [9.17, 15) is 15.2 Å². The summed E-state index contributed by atoms with van der Waals surface area (Å²) in [6, 6.07) is 6.50. The number of amides is 1. The van der Waals surface area contributed by atoms with Crippen molar-refractivity contribution in [3.8, 4) is 11.8 Å². The molecule has 0 unspecified atom stereocenters. The van der Waals surface area contributed by atoms with Gasteiger partial charge in [-0.3, -0.25) is 4.79 Å². The molecule has 1 fully saturated rings. The highest BCUT2D eigenvalue weighted by Crippen LogP contribution is 2.29. The molecule has 2 rings (SSSR count). The minimum atomic E-state index is -0.764. The molecular formula is C14H15ClN2O2. The molecule has 0 spiro atoms. The van der Waals surface area contributed by atoms with Gasteiger partial charge in [0.15, 0.2) is 0 Å². The van der Waals surface area contributed by atoms with Crippen LogP contribution in [0.1, 0.15) is 42.5 Å². The van der Waals surface area contributed by atoms with Crippen molar-refractivity contribution in [3.63, 3.8) is 0 Å². The average molecular weight is 279 g/mol. The number of phenolic OH excluding ortho intramolecular Hbond substituents is 1. The zero-order chi connectivity index (χ0) is 13.9. The molecule has 0 saturated heterocycles. The van der Waals surface area contributed by atoms with Gasteiger partial charge in [0, 0.05) is 5.56 Å². The Balaban J connectivity index is 2.15. The average Bonchev–Trinajstić information content (AvgIpc) is 2.43. The Kier molecular flexibility index (Phi) is 3.96. The number of carbonyl (C=O) groups is 1. The highest BCUT2D eigenvalue weighted by molar-refractivity contribution is 6.32. The van der Waals surface area contributed by atoms with E-state index in [0.29, 0.717) is 18.4 Å². The van der Waals surface area contributed by atoms with Crippen LogP contribution in [0.4, 0.5) is 0 Å². The number of nitrogens with zero attached hydrogens (tertiary/aromatic N) is 1. The van der Waals surface area contributed by atoms with Crippen molar-refractivity contribution in [1.29, 1.82) is 5.26 Å². The molecule has 19 heavy (non-hydrogen) atoms. The lowest BCUT2D eigenvalue weighted by atomic mass is 9.82. The van der Waals surface area contributed by atoms with Crippen molar-refractivity contribution >= 4 is 17.5 Å². The number of halogens is 1. The molecule has 2 N–H and O–H groups in total. The van der Waals surface area contributed by atoms with Crippen LogP contribution in [0.25, 0.3) is 0 Å². The van der Waals surface area contributed by atoms with Crippen LogP contribution in [0.3, 0.4) is 0 Å². The van der Waals surface area contributed by atoms with Gasteiger partial charge in [-0.2, -0.15) is 5.26 Å². The van der Waals surface area contributed by atoms with Gasteiger partial charge in [-0.25, -0.2) is 0 Å². The molecule has 1 amide bonds. The quantitative estimate of drug-likeness (QED) is 0.873. The lowest BCUT2D eigenvalue weighted by Gasteiger charge is -2.31. The van der Waals surface area contributed by atoms with Crippen LogP contribution >= 0.6 is 11.6 Å². The van der Waals surface area contributed by atoms with Crippen molar-refractivity contribution in [3.05, 3.63) is 28.8 Å². The van der Waals surface area contributed by atoms with Crippen molar-refractivity contribution < 1.29 is 9.90 Å². The molecule has 0 aromatic heterocycles. The van der Waals surface area contributed by atoms with Crippen LogP contribution in [0.2, 0.25) is 5.02 Å². The summed E-state index contributed by atoms with van der Waals surface area (Å²) in [6.45, 7) is 0. The van der Waals surface area contributed by atoms with E-state index in [1.165, 1.54) is 18.2 Å². The van der Waals surface area contributed by atoms with Crippen LogP contribution in [-0.2, 0) is 0 Å². The molecular weight excluding hydrogens is 264 g/mol. The number of aromatic hydroxyl groups is 1. The molecule has 5 heteroatoms. The van der Waals surface area contributed by atoms with E-state index in [0.717, 1.165) is 19.3 Å². The number of rotatable bonds is 2. The summed E-state index contributed by atoms with van der Waals surface area (Å²) < 4.78 is 0. The van der Waals surface area contributed by atoms with Crippen molar-refractivity contribution in [1.82, 2.24) is 5.32 Å². The number of nitriles is 1. The van der Waals surface area contributed by atoms with Gasteiger partial charge in [0.05, 0.1) is 11.1 Å². The minimum absolute atomic E-state index is 0.0640. The summed E-state index contributed by atoms with van der Waals surface area (Å²) in [7, 11) is 0. The van der Waals surface area contributed by atoms with E-state index in [2.05, 4.69) is 11.4 Å². The Morgan fingerprint density at radius 3 is 2.63 bits per heavy atom. The second-order valence-electron chi connectivity index (χ2n) is 4.87. The Morgan fingerprint density at radius 2 is 2.05 bits per heavy atom. The summed E-state index contributed by atoms with van der Waals surface area (Å²) in [6.07, 6.45) is 4.36. The normalized spacial score (nSPS) is 17.5. The van der Waals surface area contributed by atoms with E-state index in [4.69, 9.17) is 11.6 Å². The highest BCUT2D eigenvalue weighted by atomic mass is 35.5. The van der Waals surface area contributed by atoms with E-state index >= 15 is 0 Å². The maximum Gasteiger partial charge on any atom is 0.252 e. The molecule has 0 radical (unpaired) electrons. The van der Waals surface area contributed by atoms with Gasteiger partial charge in [-0.15, -0.1) is 0 Å². The number of nitrogens with one attached hydrogen (secondary N) is 1. The molecule has 1 saturated carbocycles. The molecule has 0 bridgehead atoms. The van der Waals surface area contributed by atoms with Gasteiger partial charge >= 0.3 is 0 Å². The molecule has 100 valence electrons. The lowest BCUT2D eigenvalue weighted by molar-refractivity contribution is 0.0902. The summed E-state index contributed by atoms with van der Waals surface area (Å²) in [5.74, 6) is -0.392. The predicted molar refractivity (Wildman–Crippen MR) is 72.0 cm³/mol. The van der Waals surface area contributed by atoms with Crippen molar-refractivity contribution in [2.45, 2.75) is 37.6 Å². The third kappa shape index (κ3) is 2.99. The first kappa shape index (κ1) is 13.7. The van der Waals surface area contributed by atoms with E-state index in [1.54, 1.807) is 0 Å². The summed E-state index contributed by atoms with van der Waals surface area (Å²) in [5, 5.41) is 21.6. The van der Waals surface area contributed by atoms with E-state index in [-0.39, 0.29) is 16.7 Å². The van der Waals surface area contributed by atoms with Gasteiger partial charge in [0.1, 0.15) is 11.3 Å². The molecule has 1 aromatic rings. The molecule has 0 aliphatic heterocycles. The SMILES string of the molecule is N#CC1(NC(=O)c2ccc(O)c(Cl)c2)CCCCC1. The van der Waals surface area contributed by atoms with Crippen LogP contribution in [0, 0.1) is 11.3 Å². The molecule has 1 aliphatic carbocycles. The second kappa shape index (κ2) is 5.50. The summed E-state index contributed by atoms with van der Waals surface area (Å²) in [5.41, 5.74) is -0.414. The smallest absolute Gasteiger partial charge is 0.252 e. The number of hydrogen-bond donors (Lipinski definition) is 2. The zero-order valence-corrected chi connectivity index (χ0v) is 11.2. The zero-order valence-electron chi connectivity index (χ0n) is 10.4. The van der Waals surface area contributed by atoms with Crippen LogP contribution < -0.4 is 5.32 Å². The fourth-order valence-electron chi connectivity index (χ4n) is 2.36. The second-order valence-corrected chi connectivity index (χ2v) is 5.28. The monoisotopic (exact) mass is 278 g/mol. The largest absolute Gasteiger partial charge is 0.506 e. The van der Waals surface area contributed by atoms with Crippen LogP contribution in [0.5, 0.6) is 5.75 Å². The number of hydrogen-bond acceptors (Lipinski definition) is 3.